The van der Waals surface area contributed by atoms with Gasteiger partial charge in [0.25, 0.3) is 0 Å². The first kappa shape index (κ1) is 19.4. The summed E-state index contributed by atoms with van der Waals surface area (Å²) in [5.74, 6) is 3.35. The van der Waals surface area contributed by atoms with Crippen LogP contribution in [-0.2, 0) is 4.74 Å². The molecule has 1 aromatic carbocycles. The molecule has 0 aromatic heterocycles. The van der Waals surface area contributed by atoms with Crippen LogP contribution >= 0.6 is 0 Å². The molecule has 5 aliphatic carbocycles. The molecule has 0 unspecified atom stereocenters. The number of carbonyl (C=O) groups is 1. The van der Waals surface area contributed by atoms with E-state index >= 15 is 4.39 Å². The summed E-state index contributed by atoms with van der Waals surface area (Å²) in [7, 11) is 0. The van der Waals surface area contributed by atoms with E-state index in [4.69, 9.17) is 9.47 Å². The predicted molar refractivity (Wildman–Crippen MR) is 110 cm³/mol. The summed E-state index contributed by atoms with van der Waals surface area (Å²) in [6.07, 6.45) is 8.92. The maximum atomic E-state index is 15.2. The fraction of sp³-hybridized carbons (Fsp3) is 0.720. The average molecular weight is 401 g/mol. The number of rotatable bonds is 5. The molecule has 0 heterocycles. The molecule has 4 bridgehead atoms. The summed E-state index contributed by atoms with van der Waals surface area (Å²) in [5.41, 5.74) is 0.372. The number of hydrogen-bond donors (Lipinski definition) is 0. The highest BCUT2D eigenvalue weighted by Gasteiger charge is 2.48. The molecule has 5 fully saturated rings. The summed E-state index contributed by atoms with van der Waals surface area (Å²) >= 11 is 0. The minimum Gasteiger partial charge on any atom is -0.490 e. The summed E-state index contributed by atoms with van der Waals surface area (Å²) in [6.45, 7) is 5.99. The van der Waals surface area contributed by atoms with E-state index in [0.29, 0.717) is 18.4 Å². The molecule has 3 nitrogen and oxygen atoms in total. The van der Waals surface area contributed by atoms with E-state index in [9.17, 15) is 4.79 Å². The van der Waals surface area contributed by atoms with Crippen LogP contribution in [0.4, 0.5) is 4.39 Å². The Labute approximate surface area is 173 Å². The van der Waals surface area contributed by atoms with Crippen molar-refractivity contribution in [2.24, 2.45) is 29.6 Å². The Morgan fingerprint density at radius 1 is 1.03 bits per heavy atom. The number of halogens is 1. The molecule has 0 N–H and O–H groups in total. The summed E-state index contributed by atoms with van der Waals surface area (Å²) in [5, 5.41) is 0. The highest BCUT2D eigenvalue weighted by atomic mass is 19.1. The number of benzene rings is 1. The van der Waals surface area contributed by atoms with Crippen LogP contribution in [0, 0.1) is 35.4 Å². The molecule has 4 heteroatoms. The monoisotopic (exact) mass is 400 g/mol. The van der Waals surface area contributed by atoms with Gasteiger partial charge in [-0.3, -0.25) is 0 Å². The van der Waals surface area contributed by atoms with Crippen molar-refractivity contribution in [3.8, 4) is 5.75 Å². The van der Waals surface area contributed by atoms with Crippen molar-refractivity contribution >= 4 is 5.97 Å². The van der Waals surface area contributed by atoms with Gasteiger partial charge in [-0.1, -0.05) is 0 Å². The van der Waals surface area contributed by atoms with Gasteiger partial charge in [0.05, 0.1) is 12.2 Å². The molecule has 0 amide bonds. The Morgan fingerprint density at radius 3 is 2.21 bits per heavy atom. The van der Waals surface area contributed by atoms with Crippen LogP contribution in [0.15, 0.2) is 12.1 Å². The zero-order chi connectivity index (χ0) is 20.3. The minimum atomic E-state index is -0.652. The second kappa shape index (κ2) is 6.99. The lowest BCUT2D eigenvalue weighted by Crippen LogP contribution is -2.47. The molecule has 29 heavy (non-hydrogen) atoms. The van der Waals surface area contributed by atoms with Crippen molar-refractivity contribution in [1.29, 1.82) is 0 Å². The average Bonchev–Trinajstić information content (AvgIpc) is 3.45. The van der Waals surface area contributed by atoms with Gasteiger partial charge < -0.3 is 9.47 Å². The minimum absolute atomic E-state index is 0.0180. The van der Waals surface area contributed by atoms with Crippen LogP contribution in [0.1, 0.15) is 87.6 Å². The fourth-order valence-corrected chi connectivity index (χ4v) is 6.35. The van der Waals surface area contributed by atoms with Crippen molar-refractivity contribution < 1.29 is 18.7 Å². The predicted octanol–water partition coefficient (Wildman–Crippen LogP) is 6.11. The number of carbonyl (C=O) groups excluding carboxylic acids is 1. The second-order valence-electron chi connectivity index (χ2n) is 11.1. The molecule has 0 atom stereocenters. The molecule has 1 aromatic rings. The smallest absolute Gasteiger partial charge is 0.341 e. The Hall–Kier alpha value is -1.58. The standard InChI is InChI=1S/C25H33FO3/c1-25(2,3)29-24(27)20-11-17(16-4-5-16)12-22(23(20)26)28-13-21-18-7-14-6-15(9-18)10-19(21)8-14/h11-12,14-16,18-19,21H,4-10,13H2,1-3H3. The lowest BCUT2D eigenvalue weighted by molar-refractivity contribution is -0.0533. The first-order valence-electron chi connectivity index (χ1n) is 11.5. The van der Waals surface area contributed by atoms with Crippen molar-refractivity contribution in [3.05, 3.63) is 29.1 Å². The molecule has 0 radical (unpaired) electrons. The molecule has 0 aliphatic heterocycles. The number of ether oxygens (including phenoxy) is 2. The Kier molecular flexibility index (Phi) is 4.67. The molecular formula is C25H33FO3. The molecule has 5 aliphatic rings. The van der Waals surface area contributed by atoms with E-state index in [-0.39, 0.29) is 11.3 Å². The zero-order valence-corrected chi connectivity index (χ0v) is 17.9. The van der Waals surface area contributed by atoms with E-state index in [1.807, 2.05) is 6.07 Å². The van der Waals surface area contributed by atoms with Gasteiger partial charge in [0, 0.05) is 0 Å². The van der Waals surface area contributed by atoms with Gasteiger partial charge in [-0.05, 0) is 119 Å². The van der Waals surface area contributed by atoms with Gasteiger partial charge in [0.1, 0.15) is 5.60 Å². The first-order chi connectivity index (χ1) is 13.8. The largest absolute Gasteiger partial charge is 0.490 e. The quantitative estimate of drug-likeness (QED) is 0.560. The molecule has 158 valence electrons. The highest BCUT2D eigenvalue weighted by Crippen LogP contribution is 2.56. The number of esters is 1. The van der Waals surface area contributed by atoms with E-state index in [0.717, 1.165) is 42.1 Å². The SMILES string of the molecule is CC(C)(C)OC(=O)c1cc(C2CC2)cc(OCC2C3CC4CC(C3)CC2C4)c1F. The third-order valence-corrected chi connectivity index (χ3v) is 7.58. The number of hydrogen-bond acceptors (Lipinski definition) is 3. The van der Waals surface area contributed by atoms with Crippen LogP contribution < -0.4 is 4.74 Å². The van der Waals surface area contributed by atoms with Gasteiger partial charge in [-0.2, -0.15) is 0 Å². The van der Waals surface area contributed by atoms with Crippen molar-refractivity contribution in [2.75, 3.05) is 6.61 Å². The summed E-state index contributed by atoms with van der Waals surface area (Å²) < 4.78 is 26.8. The van der Waals surface area contributed by atoms with Gasteiger partial charge in [0.2, 0.25) is 0 Å². The van der Waals surface area contributed by atoms with Crippen molar-refractivity contribution in [2.45, 2.75) is 77.2 Å². The third-order valence-electron chi connectivity index (χ3n) is 7.58. The Bertz CT molecular complexity index is 777. The molecule has 0 saturated heterocycles. The van der Waals surface area contributed by atoms with Crippen molar-refractivity contribution in [3.63, 3.8) is 0 Å². The summed E-state index contributed by atoms with van der Waals surface area (Å²) in [4.78, 5) is 12.6. The van der Waals surface area contributed by atoms with Crippen LogP contribution in [0.25, 0.3) is 0 Å². The maximum Gasteiger partial charge on any atom is 0.341 e. The van der Waals surface area contributed by atoms with Crippen LogP contribution in [0.2, 0.25) is 0 Å². The lowest BCUT2D eigenvalue weighted by Gasteiger charge is -2.54. The van der Waals surface area contributed by atoms with E-state index < -0.39 is 17.4 Å². The van der Waals surface area contributed by atoms with Crippen LogP contribution in [-0.4, -0.2) is 18.2 Å². The van der Waals surface area contributed by atoms with Gasteiger partial charge in [-0.15, -0.1) is 0 Å². The molecule has 6 rings (SSSR count). The molecule has 0 spiro atoms. The van der Waals surface area contributed by atoms with Gasteiger partial charge >= 0.3 is 5.97 Å². The fourth-order valence-electron chi connectivity index (χ4n) is 6.35. The molecule has 5 saturated carbocycles. The van der Waals surface area contributed by atoms with Crippen molar-refractivity contribution in [1.82, 2.24) is 0 Å². The maximum absolute atomic E-state index is 15.2. The third kappa shape index (κ3) is 3.92. The topological polar surface area (TPSA) is 35.5 Å². The molecular weight excluding hydrogens is 367 g/mol. The van der Waals surface area contributed by atoms with Crippen LogP contribution in [0.5, 0.6) is 5.75 Å². The Morgan fingerprint density at radius 2 is 1.66 bits per heavy atom. The lowest BCUT2D eigenvalue weighted by atomic mass is 9.52. The Balaban J connectivity index is 1.36. The second-order valence-corrected chi connectivity index (χ2v) is 11.1. The van der Waals surface area contributed by atoms with E-state index in [1.54, 1.807) is 26.8 Å². The van der Waals surface area contributed by atoms with Crippen LogP contribution in [0.3, 0.4) is 0 Å². The first-order valence-corrected chi connectivity index (χ1v) is 11.5. The van der Waals surface area contributed by atoms with E-state index in [1.165, 1.54) is 32.1 Å². The highest BCUT2D eigenvalue weighted by molar-refractivity contribution is 5.91. The van der Waals surface area contributed by atoms with Gasteiger partial charge in [-0.25, -0.2) is 9.18 Å². The normalized spacial score (nSPS) is 33.0. The van der Waals surface area contributed by atoms with E-state index in [2.05, 4.69) is 0 Å². The summed E-state index contributed by atoms with van der Waals surface area (Å²) in [6, 6.07) is 3.51. The van der Waals surface area contributed by atoms with Gasteiger partial charge in [0.15, 0.2) is 11.6 Å². The zero-order valence-electron chi connectivity index (χ0n) is 17.9.